The summed E-state index contributed by atoms with van der Waals surface area (Å²) in [5.74, 6) is 0.860. The molecular weight excluding hydrogens is 266 g/mol. The van der Waals surface area contributed by atoms with Crippen LogP contribution in [-0.4, -0.2) is 43.1 Å². The van der Waals surface area contributed by atoms with E-state index in [9.17, 15) is 4.79 Å². The van der Waals surface area contributed by atoms with E-state index >= 15 is 0 Å². The third-order valence-electron chi connectivity index (χ3n) is 3.01. The third kappa shape index (κ3) is 7.56. The van der Waals surface area contributed by atoms with Gasteiger partial charge in [-0.25, -0.2) is 0 Å². The SMILES string of the molecule is CCN(CCCOc1cccc(N)c1)CC(=O)NC(C)C. The molecular formula is C16H27N3O2. The van der Waals surface area contributed by atoms with Gasteiger partial charge in [0.15, 0.2) is 0 Å². The lowest BCUT2D eigenvalue weighted by Crippen LogP contribution is -2.40. The predicted octanol–water partition coefficient (Wildman–Crippen LogP) is 1.88. The van der Waals surface area contributed by atoms with E-state index in [0.29, 0.717) is 18.8 Å². The normalized spacial score (nSPS) is 10.9. The van der Waals surface area contributed by atoms with E-state index in [1.807, 2.05) is 38.1 Å². The van der Waals surface area contributed by atoms with Crippen LogP contribution in [0.3, 0.4) is 0 Å². The first kappa shape index (κ1) is 17.3. The maximum Gasteiger partial charge on any atom is 0.234 e. The summed E-state index contributed by atoms with van der Waals surface area (Å²) in [5.41, 5.74) is 6.40. The number of ether oxygens (including phenoxy) is 1. The van der Waals surface area contributed by atoms with Crippen molar-refractivity contribution in [3.63, 3.8) is 0 Å². The third-order valence-corrected chi connectivity index (χ3v) is 3.01. The van der Waals surface area contributed by atoms with Crippen molar-refractivity contribution in [2.24, 2.45) is 0 Å². The minimum absolute atomic E-state index is 0.0728. The van der Waals surface area contributed by atoms with Crippen LogP contribution in [0.1, 0.15) is 27.2 Å². The average molecular weight is 293 g/mol. The first-order valence-corrected chi connectivity index (χ1v) is 7.51. The van der Waals surface area contributed by atoms with Crippen LogP contribution in [0.2, 0.25) is 0 Å². The fourth-order valence-electron chi connectivity index (χ4n) is 2.00. The van der Waals surface area contributed by atoms with Crippen molar-refractivity contribution in [3.8, 4) is 5.75 Å². The van der Waals surface area contributed by atoms with Gasteiger partial charge >= 0.3 is 0 Å². The van der Waals surface area contributed by atoms with Crippen LogP contribution in [0.5, 0.6) is 5.75 Å². The molecule has 0 spiro atoms. The zero-order valence-corrected chi connectivity index (χ0v) is 13.3. The summed E-state index contributed by atoms with van der Waals surface area (Å²) in [5, 5.41) is 2.90. The molecule has 0 saturated carbocycles. The molecule has 1 rings (SSSR count). The Kier molecular flexibility index (Phi) is 7.61. The molecule has 0 aliphatic rings. The molecule has 0 bridgehead atoms. The van der Waals surface area contributed by atoms with Gasteiger partial charge in [0.1, 0.15) is 5.75 Å². The fraction of sp³-hybridized carbons (Fsp3) is 0.562. The molecule has 0 atom stereocenters. The highest BCUT2D eigenvalue weighted by molar-refractivity contribution is 5.78. The molecule has 0 aliphatic heterocycles. The van der Waals surface area contributed by atoms with Crippen molar-refractivity contribution in [2.45, 2.75) is 33.2 Å². The molecule has 1 aromatic carbocycles. The van der Waals surface area contributed by atoms with E-state index in [1.54, 1.807) is 0 Å². The second-order valence-corrected chi connectivity index (χ2v) is 5.37. The Bertz CT molecular complexity index is 435. The van der Waals surface area contributed by atoms with Gasteiger partial charge < -0.3 is 15.8 Å². The largest absolute Gasteiger partial charge is 0.493 e. The molecule has 0 aromatic heterocycles. The Balaban J connectivity index is 2.24. The van der Waals surface area contributed by atoms with E-state index < -0.39 is 0 Å². The van der Waals surface area contributed by atoms with Crippen LogP contribution in [0.15, 0.2) is 24.3 Å². The number of nitrogens with two attached hydrogens (primary N) is 1. The number of nitrogens with one attached hydrogen (secondary N) is 1. The van der Waals surface area contributed by atoms with Gasteiger partial charge in [-0.1, -0.05) is 13.0 Å². The molecule has 0 radical (unpaired) electrons. The summed E-state index contributed by atoms with van der Waals surface area (Å²) in [6.45, 7) is 8.73. The lowest BCUT2D eigenvalue weighted by molar-refractivity contribution is -0.122. The van der Waals surface area contributed by atoms with Gasteiger partial charge in [0.25, 0.3) is 0 Å². The smallest absolute Gasteiger partial charge is 0.234 e. The van der Waals surface area contributed by atoms with Crippen LogP contribution in [0, 0.1) is 0 Å². The van der Waals surface area contributed by atoms with Gasteiger partial charge in [-0.05, 0) is 38.9 Å². The highest BCUT2D eigenvalue weighted by Crippen LogP contribution is 2.14. The van der Waals surface area contributed by atoms with Gasteiger partial charge in [0, 0.05) is 24.3 Å². The summed E-state index contributed by atoms with van der Waals surface area (Å²) in [4.78, 5) is 13.8. The summed E-state index contributed by atoms with van der Waals surface area (Å²) >= 11 is 0. The van der Waals surface area contributed by atoms with Crippen LogP contribution in [-0.2, 0) is 4.79 Å². The average Bonchev–Trinajstić information content (AvgIpc) is 2.41. The van der Waals surface area contributed by atoms with Crippen molar-refractivity contribution >= 4 is 11.6 Å². The van der Waals surface area contributed by atoms with E-state index in [1.165, 1.54) is 0 Å². The minimum atomic E-state index is 0.0728. The summed E-state index contributed by atoms with van der Waals surface area (Å²) in [7, 11) is 0. The first-order chi connectivity index (χ1) is 10.0. The van der Waals surface area contributed by atoms with Crippen molar-refractivity contribution < 1.29 is 9.53 Å². The Morgan fingerprint density at radius 2 is 2.19 bits per heavy atom. The predicted molar refractivity (Wildman–Crippen MR) is 86.4 cm³/mol. The lowest BCUT2D eigenvalue weighted by Gasteiger charge is -2.20. The van der Waals surface area contributed by atoms with Crippen molar-refractivity contribution in [1.82, 2.24) is 10.2 Å². The summed E-state index contributed by atoms with van der Waals surface area (Å²) in [6.07, 6.45) is 0.873. The number of likely N-dealkylation sites (N-methyl/N-ethyl adjacent to an activating group) is 1. The fourth-order valence-corrected chi connectivity index (χ4v) is 2.00. The van der Waals surface area contributed by atoms with Gasteiger partial charge in [0.05, 0.1) is 13.2 Å². The van der Waals surface area contributed by atoms with E-state index in [0.717, 1.165) is 25.3 Å². The molecule has 0 aliphatic carbocycles. The highest BCUT2D eigenvalue weighted by atomic mass is 16.5. The molecule has 1 aromatic rings. The molecule has 5 nitrogen and oxygen atoms in total. The number of benzene rings is 1. The number of nitrogens with zero attached hydrogens (tertiary/aromatic N) is 1. The Labute approximate surface area is 127 Å². The standard InChI is InChI=1S/C16H27N3O2/c1-4-19(12-16(20)18-13(2)3)9-6-10-21-15-8-5-7-14(17)11-15/h5,7-8,11,13H,4,6,9-10,12,17H2,1-3H3,(H,18,20). The number of amides is 1. The Hall–Kier alpha value is -1.75. The summed E-state index contributed by atoms with van der Waals surface area (Å²) in [6, 6.07) is 7.60. The van der Waals surface area contributed by atoms with Gasteiger partial charge in [-0.2, -0.15) is 0 Å². The van der Waals surface area contributed by atoms with Gasteiger partial charge in [-0.15, -0.1) is 0 Å². The van der Waals surface area contributed by atoms with Gasteiger partial charge in [0.2, 0.25) is 5.91 Å². The number of hydrogen-bond donors (Lipinski definition) is 2. The molecule has 3 N–H and O–H groups in total. The van der Waals surface area contributed by atoms with Gasteiger partial charge in [-0.3, -0.25) is 9.69 Å². The van der Waals surface area contributed by atoms with E-state index in [-0.39, 0.29) is 11.9 Å². The molecule has 1 amide bonds. The zero-order chi connectivity index (χ0) is 15.7. The van der Waals surface area contributed by atoms with Crippen LogP contribution in [0.25, 0.3) is 0 Å². The molecule has 0 saturated heterocycles. The molecule has 0 heterocycles. The second-order valence-electron chi connectivity index (χ2n) is 5.37. The highest BCUT2D eigenvalue weighted by Gasteiger charge is 2.09. The number of rotatable bonds is 9. The quantitative estimate of drug-likeness (QED) is 0.539. The minimum Gasteiger partial charge on any atom is -0.493 e. The first-order valence-electron chi connectivity index (χ1n) is 7.51. The van der Waals surface area contributed by atoms with Crippen molar-refractivity contribution in [3.05, 3.63) is 24.3 Å². The Morgan fingerprint density at radius 3 is 2.81 bits per heavy atom. The number of anilines is 1. The van der Waals surface area contributed by atoms with E-state index in [4.69, 9.17) is 10.5 Å². The zero-order valence-electron chi connectivity index (χ0n) is 13.3. The van der Waals surface area contributed by atoms with Crippen molar-refractivity contribution in [1.29, 1.82) is 0 Å². The molecule has 21 heavy (non-hydrogen) atoms. The Morgan fingerprint density at radius 1 is 1.43 bits per heavy atom. The van der Waals surface area contributed by atoms with Crippen LogP contribution >= 0.6 is 0 Å². The maximum atomic E-state index is 11.7. The molecule has 0 unspecified atom stereocenters. The second kappa shape index (κ2) is 9.23. The number of carbonyl (C=O) groups is 1. The number of carbonyl (C=O) groups excluding carboxylic acids is 1. The molecule has 118 valence electrons. The monoisotopic (exact) mass is 293 g/mol. The van der Waals surface area contributed by atoms with E-state index in [2.05, 4.69) is 17.1 Å². The maximum absolute atomic E-state index is 11.7. The topological polar surface area (TPSA) is 67.6 Å². The molecule has 0 fully saturated rings. The summed E-state index contributed by atoms with van der Waals surface area (Å²) < 4.78 is 5.64. The number of hydrogen-bond acceptors (Lipinski definition) is 4. The molecule has 5 heteroatoms. The lowest BCUT2D eigenvalue weighted by atomic mass is 10.3. The number of nitrogen functional groups attached to an aromatic ring is 1. The van der Waals surface area contributed by atoms with Crippen LogP contribution in [0.4, 0.5) is 5.69 Å². The van der Waals surface area contributed by atoms with Crippen molar-refractivity contribution in [2.75, 3.05) is 32.0 Å². The van der Waals surface area contributed by atoms with Crippen LogP contribution < -0.4 is 15.8 Å².